The molecule has 0 aromatic heterocycles. The minimum Gasteiger partial charge on any atom is -0.336 e. The van der Waals surface area contributed by atoms with Crippen LogP contribution in [0, 0.1) is 0 Å². The Balaban J connectivity index is 1.45. The quantitative estimate of drug-likeness (QED) is 0.436. The standard InChI is InChI=1S/C27H29BrN4O4S/c1-30-15-17-31(18-16-30)27(34)22-9-13-24(14-10-22)29-26(33)20-32(19-21-7-11-23(28)12-8-21)37(35,36)25-5-3-2-4-6-25/h2-14H,15-20H2,1H3,(H,29,33). The topological polar surface area (TPSA) is 90.0 Å². The second-order valence-corrected chi connectivity index (χ2v) is 11.8. The predicted molar refractivity (Wildman–Crippen MR) is 147 cm³/mol. The van der Waals surface area contributed by atoms with E-state index >= 15 is 0 Å². The van der Waals surface area contributed by atoms with Crippen molar-refractivity contribution in [3.63, 3.8) is 0 Å². The average molecular weight is 586 g/mol. The molecule has 3 aromatic rings. The molecule has 0 spiro atoms. The minimum atomic E-state index is -3.92. The normalized spacial score (nSPS) is 14.5. The van der Waals surface area contributed by atoms with Crippen LogP contribution in [0.4, 0.5) is 5.69 Å². The van der Waals surface area contributed by atoms with Gasteiger partial charge < -0.3 is 15.1 Å². The lowest BCUT2D eigenvalue weighted by Gasteiger charge is -2.32. The van der Waals surface area contributed by atoms with Gasteiger partial charge in [0, 0.05) is 48.4 Å². The summed E-state index contributed by atoms with van der Waals surface area (Å²) in [4.78, 5) is 29.8. The molecule has 0 aliphatic carbocycles. The van der Waals surface area contributed by atoms with Gasteiger partial charge in [-0.1, -0.05) is 46.3 Å². The molecule has 1 heterocycles. The van der Waals surface area contributed by atoms with E-state index in [0.29, 0.717) is 24.3 Å². The zero-order valence-electron chi connectivity index (χ0n) is 20.5. The van der Waals surface area contributed by atoms with E-state index in [4.69, 9.17) is 0 Å². The molecule has 1 N–H and O–H groups in total. The highest BCUT2D eigenvalue weighted by Crippen LogP contribution is 2.20. The molecule has 3 aromatic carbocycles. The van der Waals surface area contributed by atoms with Gasteiger partial charge in [0.25, 0.3) is 5.91 Å². The van der Waals surface area contributed by atoms with E-state index in [1.807, 2.05) is 36.2 Å². The van der Waals surface area contributed by atoms with Crippen LogP contribution in [-0.2, 0) is 21.4 Å². The van der Waals surface area contributed by atoms with Crippen molar-refractivity contribution >= 4 is 43.5 Å². The highest BCUT2D eigenvalue weighted by molar-refractivity contribution is 9.10. The fraction of sp³-hybridized carbons (Fsp3) is 0.259. The van der Waals surface area contributed by atoms with Crippen molar-refractivity contribution in [3.05, 3.63) is 94.5 Å². The van der Waals surface area contributed by atoms with Gasteiger partial charge >= 0.3 is 0 Å². The zero-order chi connectivity index (χ0) is 26.4. The lowest BCUT2D eigenvalue weighted by atomic mass is 10.1. The number of halogens is 1. The summed E-state index contributed by atoms with van der Waals surface area (Å²) >= 11 is 3.38. The van der Waals surface area contributed by atoms with Crippen LogP contribution < -0.4 is 5.32 Å². The molecule has 0 unspecified atom stereocenters. The van der Waals surface area contributed by atoms with E-state index in [2.05, 4.69) is 26.1 Å². The second kappa shape index (κ2) is 12.0. The van der Waals surface area contributed by atoms with Gasteiger partial charge in [-0.3, -0.25) is 9.59 Å². The number of rotatable bonds is 8. The third-order valence-corrected chi connectivity index (χ3v) is 8.51. The van der Waals surface area contributed by atoms with Crippen molar-refractivity contribution in [2.45, 2.75) is 11.4 Å². The van der Waals surface area contributed by atoms with Crippen LogP contribution in [0.25, 0.3) is 0 Å². The van der Waals surface area contributed by atoms with Crippen molar-refractivity contribution in [2.75, 3.05) is 45.1 Å². The molecule has 1 aliphatic rings. The van der Waals surface area contributed by atoms with Crippen LogP contribution in [0.1, 0.15) is 15.9 Å². The smallest absolute Gasteiger partial charge is 0.253 e. The number of benzene rings is 3. The highest BCUT2D eigenvalue weighted by atomic mass is 79.9. The van der Waals surface area contributed by atoms with E-state index in [-0.39, 0.29) is 23.9 Å². The molecule has 0 atom stereocenters. The van der Waals surface area contributed by atoms with Gasteiger partial charge in [0.05, 0.1) is 11.4 Å². The van der Waals surface area contributed by atoms with E-state index < -0.39 is 15.9 Å². The summed E-state index contributed by atoms with van der Waals surface area (Å²) in [6, 6.07) is 22.0. The van der Waals surface area contributed by atoms with Crippen molar-refractivity contribution in [2.24, 2.45) is 0 Å². The van der Waals surface area contributed by atoms with E-state index in [0.717, 1.165) is 27.4 Å². The summed E-state index contributed by atoms with van der Waals surface area (Å²) in [5.74, 6) is -0.518. The molecular weight excluding hydrogens is 556 g/mol. The number of carbonyl (C=O) groups is 2. The SMILES string of the molecule is CN1CCN(C(=O)c2ccc(NC(=O)CN(Cc3ccc(Br)cc3)S(=O)(=O)c3ccccc3)cc2)CC1. The first-order valence-corrected chi connectivity index (χ1v) is 14.1. The number of hydrogen-bond donors (Lipinski definition) is 1. The van der Waals surface area contributed by atoms with Crippen LogP contribution in [0.2, 0.25) is 0 Å². The van der Waals surface area contributed by atoms with Crippen molar-refractivity contribution < 1.29 is 18.0 Å². The van der Waals surface area contributed by atoms with E-state index in [1.165, 1.54) is 12.1 Å². The molecule has 0 radical (unpaired) electrons. The van der Waals surface area contributed by atoms with Gasteiger partial charge in [0.1, 0.15) is 0 Å². The summed E-state index contributed by atoms with van der Waals surface area (Å²) in [6.45, 7) is 2.70. The number of likely N-dealkylation sites (N-methyl/N-ethyl adjacent to an activating group) is 1. The monoisotopic (exact) mass is 584 g/mol. The third kappa shape index (κ3) is 7.04. The maximum Gasteiger partial charge on any atom is 0.253 e. The predicted octanol–water partition coefficient (Wildman–Crippen LogP) is 3.67. The van der Waals surface area contributed by atoms with Crippen LogP contribution >= 0.6 is 15.9 Å². The third-order valence-electron chi connectivity index (χ3n) is 6.18. The van der Waals surface area contributed by atoms with Gasteiger partial charge in [-0.25, -0.2) is 8.42 Å². The Hall–Kier alpha value is -3.05. The second-order valence-electron chi connectivity index (χ2n) is 8.93. The number of amides is 2. The number of hydrogen-bond acceptors (Lipinski definition) is 5. The zero-order valence-corrected chi connectivity index (χ0v) is 22.9. The summed E-state index contributed by atoms with van der Waals surface area (Å²) < 4.78 is 28.8. The first-order valence-electron chi connectivity index (χ1n) is 11.9. The van der Waals surface area contributed by atoms with Gasteiger partial charge in [-0.05, 0) is 61.1 Å². The highest BCUT2D eigenvalue weighted by Gasteiger charge is 2.27. The van der Waals surface area contributed by atoms with Gasteiger partial charge in [0.2, 0.25) is 15.9 Å². The average Bonchev–Trinajstić information content (AvgIpc) is 2.90. The molecule has 8 nitrogen and oxygen atoms in total. The Bertz CT molecular complexity index is 1330. The number of nitrogens with zero attached hydrogens (tertiary/aromatic N) is 3. The largest absolute Gasteiger partial charge is 0.336 e. The Labute approximate surface area is 226 Å². The number of anilines is 1. The van der Waals surface area contributed by atoms with Crippen molar-refractivity contribution in [3.8, 4) is 0 Å². The first-order chi connectivity index (χ1) is 17.7. The molecule has 10 heteroatoms. The number of carbonyl (C=O) groups excluding carboxylic acids is 2. The molecule has 4 rings (SSSR count). The maximum atomic E-state index is 13.4. The molecule has 1 saturated heterocycles. The maximum absolute atomic E-state index is 13.4. The summed E-state index contributed by atoms with van der Waals surface area (Å²) in [5, 5.41) is 2.76. The molecule has 2 amide bonds. The van der Waals surface area contributed by atoms with Crippen molar-refractivity contribution in [1.29, 1.82) is 0 Å². The molecular formula is C27H29BrN4O4S. The Kier molecular flexibility index (Phi) is 8.75. The van der Waals surface area contributed by atoms with Gasteiger partial charge in [-0.2, -0.15) is 4.31 Å². The lowest BCUT2D eigenvalue weighted by Crippen LogP contribution is -2.47. The summed E-state index contributed by atoms with van der Waals surface area (Å²) in [6.07, 6.45) is 0. The van der Waals surface area contributed by atoms with Gasteiger partial charge in [0.15, 0.2) is 0 Å². The molecule has 1 aliphatic heterocycles. The number of piperazine rings is 1. The van der Waals surface area contributed by atoms with Crippen molar-refractivity contribution in [1.82, 2.24) is 14.1 Å². The summed E-state index contributed by atoms with van der Waals surface area (Å²) in [5.41, 5.74) is 1.79. The van der Waals surface area contributed by atoms with Crippen LogP contribution in [0.3, 0.4) is 0 Å². The Morgan fingerprint density at radius 1 is 0.892 bits per heavy atom. The molecule has 194 valence electrons. The van der Waals surface area contributed by atoms with Crippen LogP contribution in [0.15, 0.2) is 88.2 Å². The molecule has 0 saturated carbocycles. The van der Waals surface area contributed by atoms with Crippen LogP contribution in [0.5, 0.6) is 0 Å². The fourth-order valence-corrected chi connectivity index (χ4v) is 5.68. The summed E-state index contributed by atoms with van der Waals surface area (Å²) in [7, 11) is -1.89. The minimum absolute atomic E-state index is 0.0381. The van der Waals surface area contributed by atoms with Gasteiger partial charge in [-0.15, -0.1) is 0 Å². The molecule has 0 bridgehead atoms. The lowest BCUT2D eigenvalue weighted by molar-refractivity contribution is -0.116. The first kappa shape index (κ1) is 27.0. The Morgan fingerprint density at radius 2 is 1.51 bits per heavy atom. The molecule has 37 heavy (non-hydrogen) atoms. The number of sulfonamides is 1. The number of nitrogens with one attached hydrogen (secondary N) is 1. The van der Waals surface area contributed by atoms with Crippen LogP contribution in [-0.4, -0.2) is 74.1 Å². The Morgan fingerprint density at radius 3 is 2.14 bits per heavy atom. The van der Waals surface area contributed by atoms with E-state index in [9.17, 15) is 18.0 Å². The van der Waals surface area contributed by atoms with E-state index in [1.54, 1.807) is 42.5 Å². The molecule has 1 fully saturated rings. The fourth-order valence-electron chi connectivity index (χ4n) is 4.01.